The zero-order valence-electron chi connectivity index (χ0n) is 9.44. The Labute approximate surface area is 122 Å². The number of carbonyl (C=O) groups is 1. The molecule has 1 aliphatic heterocycles. The number of amides is 2. The van der Waals surface area contributed by atoms with Crippen molar-refractivity contribution in [3.63, 3.8) is 0 Å². The van der Waals surface area contributed by atoms with E-state index in [1.807, 2.05) is 18.2 Å². The van der Waals surface area contributed by atoms with Crippen molar-refractivity contribution in [2.24, 2.45) is 10.7 Å². The number of amidine groups is 1. The number of nitrogens with zero attached hydrogens (tertiary/aromatic N) is 2. The molecule has 18 heavy (non-hydrogen) atoms. The number of rotatable bonds is 2. The highest BCUT2D eigenvalue weighted by atomic mass is 79.9. The van der Waals surface area contributed by atoms with Crippen molar-refractivity contribution in [2.45, 2.75) is 24.9 Å². The van der Waals surface area contributed by atoms with Crippen LogP contribution in [0.25, 0.3) is 0 Å². The second kappa shape index (κ2) is 4.35. The third-order valence-electron chi connectivity index (χ3n) is 3.20. The van der Waals surface area contributed by atoms with Crippen molar-refractivity contribution in [1.82, 2.24) is 4.90 Å². The second-order valence-electron chi connectivity index (χ2n) is 4.53. The van der Waals surface area contributed by atoms with Gasteiger partial charge in [-0.2, -0.15) is 4.99 Å². The van der Waals surface area contributed by atoms with Crippen LogP contribution in [0, 0.1) is 0 Å². The Morgan fingerprint density at radius 2 is 2.00 bits per heavy atom. The summed E-state index contributed by atoms with van der Waals surface area (Å²) in [6.45, 7) is 0. The summed E-state index contributed by atoms with van der Waals surface area (Å²) in [4.78, 5) is 17.5. The van der Waals surface area contributed by atoms with Crippen molar-refractivity contribution < 1.29 is 4.79 Å². The summed E-state index contributed by atoms with van der Waals surface area (Å²) in [7, 11) is 0. The second-order valence-corrected chi connectivity index (χ2v) is 6.24. The highest BCUT2D eigenvalue weighted by molar-refractivity contribution is 9.13. The first-order valence-electron chi connectivity index (χ1n) is 5.69. The molecule has 1 aromatic rings. The predicted molar refractivity (Wildman–Crippen MR) is 76.5 cm³/mol. The first kappa shape index (κ1) is 12.2. The first-order chi connectivity index (χ1) is 8.58. The van der Waals surface area contributed by atoms with Crippen LogP contribution in [0.1, 0.15) is 24.4 Å². The maximum atomic E-state index is 11.8. The van der Waals surface area contributed by atoms with Crippen LogP contribution in [0.4, 0.5) is 4.79 Å². The van der Waals surface area contributed by atoms with Gasteiger partial charge in [0.15, 0.2) is 0 Å². The minimum Gasteiger partial charge on any atom is -0.385 e. The topological polar surface area (TPSA) is 58.7 Å². The fourth-order valence-corrected chi connectivity index (χ4v) is 2.86. The molecule has 0 spiro atoms. The van der Waals surface area contributed by atoms with E-state index < -0.39 is 0 Å². The largest absolute Gasteiger partial charge is 0.385 e. The predicted octanol–water partition coefficient (Wildman–Crippen LogP) is 3.21. The van der Waals surface area contributed by atoms with Gasteiger partial charge in [0, 0.05) is 15.0 Å². The number of nitrogens with two attached hydrogens (primary N) is 1. The molecule has 2 aliphatic rings. The lowest BCUT2D eigenvalue weighted by molar-refractivity contribution is 0.203. The Morgan fingerprint density at radius 3 is 2.61 bits per heavy atom. The SMILES string of the molecule is NC1=NC(=O)N(C2CC2)C1c1ccc(Br)c(Br)c1. The van der Waals surface area contributed by atoms with Crippen LogP contribution in [0.5, 0.6) is 0 Å². The third kappa shape index (κ3) is 1.97. The minimum absolute atomic E-state index is 0.209. The molecule has 94 valence electrons. The normalized spacial score (nSPS) is 23.4. The number of hydrogen-bond donors (Lipinski definition) is 1. The van der Waals surface area contributed by atoms with E-state index in [1.54, 1.807) is 4.90 Å². The zero-order valence-corrected chi connectivity index (χ0v) is 12.6. The molecule has 1 aromatic carbocycles. The molecule has 1 fully saturated rings. The molecule has 3 rings (SSSR count). The summed E-state index contributed by atoms with van der Waals surface area (Å²) in [6, 6.07) is 5.77. The Hall–Kier alpha value is -0.880. The van der Waals surface area contributed by atoms with Crippen LogP contribution in [-0.2, 0) is 0 Å². The van der Waals surface area contributed by atoms with Crippen molar-refractivity contribution in [3.05, 3.63) is 32.7 Å². The number of benzene rings is 1. The van der Waals surface area contributed by atoms with E-state index >= 15 is 0 Å². The number of hydrogen-bond acceptors (Lipinski definition) is 2. The Balaban J connectivity index is 2.00. The van der Waals surface area contributed by atoms with Gasteiger partial charge in [0.2, 0.25) is 0 Å². The van der Waals surface area contributed by atoms with Crippen molar-refractivity contribution >= 4 is 43.7 Å². The van der Waals surface area contributed by atoms with Crippen LogP contribution in [0.15, 0.2) is 32.1 Å². The van der Waals surface area contributed by atoms with Gasteiger partial charge in [-0.25, -0.2) is 4.79 Å². The fourth-order valence-electron chi connectivity index (χ4n) is 2.22. The molecule has 1 atom stereocenters. The summed E-state index contributed by atoms with van der Waals surface area (Å²) < 4.78 is 1.92. The van der Waals surface area contributed by atoms with E-state index in [2.05, 4.69) is 36.9 Å². The lowest BCUT2D eigenvalue weighted by atomic mass is 10.1. The van der Waals surface area contributed by atoms with E-state index in [0.29, 0.717) is 11.9 Å². The molecule has 2 amide bonds. The van der Waals surface area contributed by atoms with Crippen LogP contribution >= 0.6 is 31.9 Å². The maximum Gasteiger partial charge on any atom is 0.346 e. The molecule has 0 radical (unpaired) electrons. The van der Waals surface area contributed by atoms with Crippen molar-refractivity contribution in [2.75, 3.05) is 0 Å². The monoisotopic (exact) mass is 371 g/mol. The van der Waals surface area contributed by atoms with Crippen molar-refractivity contribution in [3.8, 4) is 0 Å². The molecule has 2 N–H and O–H groups in total. The molecule has 1 aliphatic carbocycles. The van der Waals surface area contributed by atoms with Crippen LogP contribution in [0.2, 0.25) is 0 Å². The molecule has 1 heterocycles. The van der Waals surface area contributed by atoms with Gasteiger partial charge in [0.1, 0.15) is 11.9 Å². The van der Waals surface area contributed by atoms with Gasteiger partial charge in [-0.3, -0.25) is 0 Å². The van der Waals surface area contributed by atoms with E-state index in [4.69, 9.17) is 5.73 Å². The lowest BCUT2D eigenvalue weighted by Crippen LogP contribution is -2.35. The standard InChI is InChI=1S/C12H11Br2N3O/c13-8-4-1-6(5-9(8)14)10-11(15)16-12(18)17(10)7-2-3-7/h1,4-5,7,10H,2-3H2,(H2,15,16,18). The lowest BCUT2D eigenvalue weighted by Gasteiger charge is -2.24. The fraction of sp³-hybridized carbons (Fsp3) is 0.333. The Kier molecular flexibility index (Phi) is 2.94. The molecule has 0 aromatic heterocycles. The molecule has 0 bridgehead atoms. The third-order valence-corrected chi connectivity index (χ3v) is 5.08. The molecular formula is C12H11Br2N3O. The average molecular weight is 373 g/mol. The van der Waals surface area contributed by atoms with Gasteiger partial charge in [0.05, 0.1) is 0 Å². The van der Waals surface area contributed by atoms with E-state index in [9.17, 15) is 4.79 Å². The summed E-state index contributed by atoms with van der Waals surface area (Å²) in [5.41, 5.74) is 6.90. The van der Waals surface area contributed by atoms with E-state index in [0.717, 1.165) is 27.4 Å². The Bertz CT molecular complexity index is 554. The summed E-state index contributed by atoms with van der Waals surface area (Å²) >= 11 is 6.90. The van der Waals surface area contributed by atoms with Gasteiger partial charge in [-0.15, -0.1) is 0 Å². The average Bonchev–Trinajstić information content (AvgIpc) is 3.09. The summed E-state index contributed by atoms with van der Waals surface area (Å²) in [5, 5.41) is 0. The molecule has 4 nitrogen and oxygen atoms in total. The number of aliphatic imine (C=N–C) groups is 1. The zero-order chi connectivity index (χ0) is 12.9. The van der Waals surface area contributed by atoms with Gasteiger partial charge >= 0.3 is 6.03 Å². The van der Waals surface area contributed by atoms with Gasteiger partial charge in [-0.05, 0) is 62.4 Å². The summed E-state index contributed by atoms with van der Waals surface area (Å²) in [6.07, 6.45) is 2.09. The van der Waals surface area contributed by atoms with Gasteiger partial charge < -0.3 is 10.6 Å². The molecular weight excluding hydrogens is 362 g/mol. The maximum absolute atomic E-state index is 11.8. The Morgan fingerprint density at radius 1 is 1.28 bits per heavy atom. The number of halogens is 2. The van der Waals surface area contributed by atoms with Gasteiger partial charge in [-0.1, -0.05) is 6.07 Å². The van der Waals surface area contributed by atoms with Gasteiger partial charge in [0.25, 0.3) is 0 Å². The highest BCUT2D eigenvalue weighted by Crippen LogP contribution is 2.39. The first-order valence-corrected chi connectivity index (χ1v) is 7.28. The van der Waals surface area contributed by atoms with Crippen LogP contribution in [-0.4, -0.2) is 22.8 Å². The molecule has 1 unspecified atom stereocenters. The number of carbonyl (C=O) groups excluding carboxylic acids is 1. The quantitative estimate of drug-likeness (QED) is 0.866. The summed E-state index contributed by atoms with van der Waals surface area (Å²) in [5.74, 6) is 0.390. The van der Waals surface area contributed by atoms with Crippen LogP contribution < -0.4 is 5.73 Å². The minimum atomic E-state index is -0.214. The van der Waals surface area contributed by atoms with E-state index in [1.165, 1.54) is 0 Å². The smallest absolute Gasteiger partial charge is 0.346 e. The molecule has 1 saturated carbocycles. The molecule has 0 saturated heterocycles. The number of urea groups is 1. The van der Waals surface area contributed by atoms with Crippen molar-refractivity contribution in [1.29, 1.82) is 0 Å². The van der Waals surface area contributed by atoms with Crippen LogP contribution in [0.3, 0.4) is 0 Å². The van der Waals surface area contributed by atoms with E-state index in [-0.39, 0.29) is 12.1 Å². The highest BCUT2D eigenvalue weighted by Gasteiger charge is 2.43. The molecule has 6 heteroatoms.